The Kier molecular flexibility index (Phi) is 1.97. The summed E-state index contributed by atoms with van der Waals surface area (Å²) in [5.41, 5.74) is 3.77. The number of benzene rings is 1. The van der Waals surface area contributed by atoms with Gasteiger partial charge in [-0.25, -0.2) is 4.79 Å². The highest BCUT2D eigenvalue weighted by Crippen LogP contribution is 2.25. The first-order valence-electron chi connectivity index (χ1n) is 5.33. The lowest BCUT2D eigenvalue weighted by Crippen LogP contribution is -2.22. The summed E-state index contributed by atoms with van der Waals surface area (Å²) in [6.07, 6.45) is 1.00. The SMILES string of the molecule is O=C(O)c1ccc2c3c([nH]c2c1)CNCC3. The van der Waals surface area contributed by atoms with Gasteiger partial charge in [0.05, 0.1) is 5.56 Å². The number of carboxylic acid groups (broad SMARTS) is 1. The molecule has 0 amide bonds. The van der Waals surface area contributed by atoms with Crippen molar-refractivity contribution in [3.8, 4) is 0 Å². The van der Waals surface area contributed by atoms with E-state index in [-0.39, 0.29) is 0 Å². The van der Waals surface area contributed by atoms with Crippen LogP contribution in [0.5, 0.6) is 0 Å². The molecule has 3 N–H and O–H groups in total. The van der Waals surface area contributed by atoms with Crippen LogP contribution in [-0.4, -0.2) is 22.6 Å². The summed E-state index contributed by atoms with van der Waals surface area (Å²) in [6, 6.07) is 5.27. The van der Waals surface area contributed by atoms with Gasteiger partial charge in [0.25, 0.3) is 0 Å². The smallest absolute Gasteiger partial charge is 0.335 e. The third kappa shape index (κ3) is 1.31. The summed E-state index contributed by atoms with van der Waals surface area (Å²) in [6.45, 7) is 1.83. The molecule has 16 heavy (non-hydrogen) atoms. The molecular weight excluding hydrogens is 204 g/mol. The van der Waals surface area contributed by atoms with E-state index in [4.69, 9.17) is 5.11 Å². The number of carboxylic acids is 1. The molecule has 1 aromatic carbocycles. The van der Waals surface area contributed by atoms with Crippen LogP contribution >= 0.6 is 0 Å². The third-order valence-corrected chi connectivity index (χ3v) is 3.10. The van der Waals surface area contributed by atoms with Crippen LogP contribution in [-0.2, 0) is 13.0 Å². The fraction of sp³-hybridized carbons (Fsp3) is 0.250. The first kappa shape index (κ1) is 9.42. The van der Waals surface area contributed by atoms with Crippen LogP contribution in [0.4, 0.5) is 0 Å². The Balaban J connectivity index is 2.22. The summed E-state index contributed by atoms with van der Waals surface area (Å²) in [5.74, 6) is -0.882. The van der Waals surface area contributed by atoms with Gasteiger partial charge in [0.1, 0.15) is 0 Å². The summed E-state index contributed by atoms with van der Waals surface area (Å²) < 4.78 is 0. The van der Waals surface area contributed by atoms with Gasteiger partial charge in [-0.2, -0.15) is 0 Å². The van der Waals surface area contributed by atoms with Crippen molar-refractivity contribution in [2.24, 2.45) is 0 Å². The molecule has 3 rings (SSSR count). The second-order valence-corrected chi connectivity index (χ2v) is 4.07. The molecule has 0 radical (unpaired) electrons. The first-order chi connectivity index (χ1) is 7.75. The van der Waals surface area contributed by atoms with Crippen molar-refractivity contribution < 1.29 is 9.90 Å². The first-order valence-corrected chi connectivity index (χ1v) is 5.33. The molecule has 1 aliphatic rings. The molecule has 0 unspecified atom stereocenters. The van der Waals surface area contributed by atoms with Crippen LogP contribution in [0.2, 0.25) is 0 Å². The normalized spacial score (nSPS) is 15.0. The van der Waals surface area contributed by atoms with Gasteiger partial charge in [0, 0.05) is 23.1 Å². The van der Waals surface area contributed by atoms with Crippen molar-refractivity contribution in [2.45, 2.75) is 13.0 Å². The van der Waals surface area contributed by atoms with Crippen molar-refractivity contribution in [3.63, 3.8) is 0 Å². The maximum absolute atomic E-state index is 10.9. The predicted octanol–water partition coefficient (Wildman–Crippen LogP) is 1.51. The number of aromatic carboxylic acids is 1. The molecule has 0 saturated carbocycles. The molecule has 0 aliphatic carbocycles. The Bertz CT molecular complexity index is 572. The summed E-state index contributed by atoms with van der Waals surface area (Å²) in [7, 11) is 0. The summed E-state index contributed by atoms with van der Waals surface area (Å²) >= 11 is 0. The minimum absolute atomic E-state index is 0.332. The standard InChI is InChI=1S/C12H12N2O2/c15-12(16)7-1-2-8-9-3-4-13-6-11(9)14-10(8)5-7/h1-2,5,13-14H,3-4,6H2,(H,15,16). The van der Waals surface area contributed by atoms with Crippen molar-refractivity contribution in [1.82, 2.24) is 10.3 Å². The van der Waals surface area contributed by atoms with Gasteiger partial charge >= 0.3 is 5.97 Å². The zero-order valence-corrected chi connectivity index (χ0v) is 8.71. The van der Waals surface area contributed by atoms with E-state index in [1.807, 2.05) is 6.07 Å². The zero-order chi connectivity index (χ0) is 11.1. The highest BCUT2D eigenvalue weighted by atomic mass is 16.4. The number of aromatic nitrogens is 1. The van der Waals surface area contributed by atoms with Gasteiger partial charge in [-0.1, -0.05) is 6.07 Å². The minimum Gasteiger partial charge on any atom is -0.478 e. The lowest BCUT2D eigenvalue weighted by molar-refractivity contribution is 0.0697. The number of aromatic amines is 1. The summed E-state index contributed by atoms with van der Waals surface area (Å²) in [4.78, 5) is 14.1. The number of carbonyl (C=O) groups is 1. The number of fused-ring (bicyclic) bond motifs is 3. The largest absolute Gasteiger partial charge is 0.478 e. The van der Waals surface area contributed by atoms with Crippen LogP contribution in [0.1, 0.15) is 21.6 Å². The highest BCUT2D eigenvalue weighted by molar-refractivity contribution is 5.94. The second-order valence-electron chi connectivity index (χ2n) is 4.07. The molecule has 4 heteroatoms. The van der Waals surface area contributed by atoms with E-state index in [9.17, 15) is 4.79 Å². The average molecular weight is 216 g/mol. The van der Waals surface area contributed by atoms with Crippen LogP contribution in [0.25, 0.3) is 10.9 Å². The van der Waals surface area contributed by atoms with Gasteiger partial charge in [0.15, 0.2) is 0 Å². The number of nitrogens with one attached hydrogen (secondary N) is 2. The fourth-order valence-electron chi connectivity index (χ4n) is 2.31. The van der Waals surface area contributed by atoms with Crippen LogP contribution < -0.4 is 5.32 Å². The van der Waals surface area contributed by atoms with Gasteiger partial charge in [0.2, 0.25) is 0 Å². The fourth-order valence-corrected chi connectivity index (χ4v) is 2.31. The topological polar surface area (TPSA) is 65.1 Å². The Morgan fingerprint density at radius 1 is 1.38 bits per heavy atom. The maximum atomic E-state index is 10.9. The molecule has 1 aliphatic heterocycles. The molecule has 4 nitrogen and oxygen atoms in total. The van der Waals surface area contributed by atoms with E-state index in [2.05, 4.69) is 10.3 Å². The van der Waals surface area contributed by atoms with Crippen LogP contribution in [0, 0.1) is 0 Å². The molecule has 82 valence electrons. The molecular formula is C12H12N2O2. The number of hydrogen-bond acceptors (Lipinski definition) is 2. The average Bonchev–Trinajstić information content (AvgIpc) is 2.66. The lowest BCUT2D eigenvalue weighted by Gasteiger charge is -2.12. The van der Waals surface area contributed by atoms with Gasteiger partial charge < -0.3 is 15.4 Å². The minimum atomic E-state index is -0.882. The van der Waals surface area contributed by atoms with Crippen molar-refractivity contribution >= 4 is 16.9 Å². The lowest BCUT2D eigenvalue weighted by atomic mass is 10.0. The second kappa shape index (κ2) is 3.35. The van der Waals surface area contributed by atoms with E-state index < -0.39 is 5.97 Å². The van der Waals surface area contributed by atoms with E-state index in [0.717, 1.165) is 30.4 Å². The number of rotatable bonds is 1. The third-order valence-electron chi connectivity index (χ3n) is 3.10. The quantitative estimate of drug-likeness (QED) is 0.677. The maximum Gasteiger partial charge on any atom is 0.335 e. The van der Waals surface area contributed by atoms with Crippen molar-refractivity contribution in [1.29, 1.82) is 0 Å². The molecule has 0 atom stereocenters. The predicted molar refractivity (Wildman–Crippen MR) is 60.7 cm³/mol. The Labute approximate surface area is 92.3 Å². The van der Waals surface area contributed by atoms with Gasteiger partial charge in [-0.05, 0) is 30.7 Å². The Morgan fingerprint density at radius 2 is 2.25 bits per heavy atom. The molecule has 0 bridgehead atoms. The molecule has 0 saturated heterocycles. The van der Waals surface area contributed by atoms with E-state index in [1.165, 1.54) is 11.3 Å². The molecule has 2 aromatic rings. The Morgan fingerprint density at radius 3 is 3.06 bits per heavy atom. The van der Waals surface area contributed by atoms with Crippen molar-refractivity contribution in [3.05, 3.63) is 35.0 Å². The van der Waals surface area contributed by atoms with Crippen LogP contribution in [0.15, 0.2) is 18.2 Å². The highest BCUT2D eigenvalue weighted by Gasteiger charge is 2.15. The van der Waals surface area contributed by atoms with E-state index in [1.54, 1.807) is 12.1 Å². The van der Waals surface area contributed by atoms with Gasteiger partial charge in [-0.15, -0.1) is 0 Å². The van der Waals surface area contributed by atoms with E-state index in [0.29, 0.717) is 5.56 Å². The summed E-state index contributed by atoms with van der Waals surface area (Å²) in [5, 5.41) is 13.4. The molecule has 0 spiro atoms. The Hall–Kier alpha value is -1.81. The molecule has 2 heterocycles. The molecule has 0 fully saturated rings. The molecule has 1 aromatic heterocycles. The van der Waals surface area contributed by atoms with Gasteiger partial charge in [-0.3, -0.25) is 0 Å². The van der Waals surface area contributed by atoms with Crippen molar-refractivity contribution in [2.75, 3.05) is 6.54 Å². The number of H-pyrrole nitrogens is 1. The van der Waals surface area contributed by atoms with Crippen LogP contribution in [0.3, 0.4) is 0 Å². The monoisotopic (exact) mass is 216 g/mol. The number of hydrogen-bond donors (Lipinski definition) is 3. The zero-order valence-electron chi connectivity index (χ0n) is 8.71. The van der Waals surface area contributed by atoms with E-state index >= 15 is 0 Å².